The molecule has 3 aliphatic rings. The zero-order valence-corrected chi connectivity index (χ0v) is 16.9. The van der Waals surface area contributed by atoms with Gasteiger partial charge in [0, 0.05) is 14.1 Å². The van der Waals surface area contributed by atoms with E-state index in [0.717, 1.165) is 18.9 Å². The smallest absolute Gasteiger partial charge is 0.292 e. The van der Waals surface area contributed by atoms with Crippen LogP contribution in [0.2, 0.25) is 0 Å². The van der Waals surface area contributed by atoms with E-state index in [1.807, 2.05) is 12.1 Å². The Labute approximate surface area is 165 Å². The topological polar surface area (TPSA) is 59.2 Å². The molecule has 4 rings (SSSR count). The predicted molar refractivity (Wildman–Crippen MR) is 108 cm³/mol. The van der Waals surface area contributed by atoms with Crippen LogP contribution in [0.1, 0.15) is 30.4 Å². The van der Waals surface area contributed by atoms with Crippen molar-refractivity contribution in [3.63, 3.8) is 0 Å². The highest BCUT2D eigenvalue weighted by Gasteiger charge is 2.53. The standard InChI is InChI=1S/C21H28N5O2/c1-15-9-5-6-10-16(15)13-26-17(14-25-11-7-4-8-12-25)22-19-18(26)20(27)24(3)21(28)23(19)2/h5-6,9-10,18H,4,7-8,11-14H2,1-3H3/q+1. The van der Waals surface area contributed by atoms with Crippen molar-refractivity contribution >= 4 is 23.6 Å². The van der Waals surface area contributed by atoms with Gasteiger partial charge in [0.2, 0.25) is 0 Å². The zero-order chi connectivity index (χ0) is 19.8. The van der Waals surface area contributed by atoms with Crippen molar-refractivity contribution < 1.29 is 14.2 Å². The Hall–Kier alpha value is -2.54. The molecule has 7 heteroatoms. The molecule has 0 spiro atoms. The molecule has 28 heavy (non-hydrogen) atoms. The van der Waals surface area contributed by atoms with E-state index in [4.69, 9.17) is 4.99 Å². The maximum absolute atomic E-state index is 13.0. The van der Waals surface area contributed by atoms with Gasteiger partial charge in [0.25, 0.3) is 17.8 Å². The highest BCUT2D eigenvalue weighted by atomic mass is 16.2. The third kappa shape index (κ3) is 3.24. The fourth-order valence-corrected chi connectivity index (χ4v) is 4.25. The SMILES string of the molecule is Cc1ccccc1C[N+]1=C(CN2CCCCC2)N=C2C1C(=O)N(C)C(=O)N2C. The van der Waals surface area contributed by atoms with E-state index < -0.39 is 6.04 Å². The summed E-state index contributed by atoms with van der Waals surface area (Å²) < 4.78 is 2.09. The molecule has 0 saturated carbocycles. The van der Waals surface area contributed by atoms with Gasteiger partial charge in [-0.05, 0) is 49.0 Å². The molecule has 2 fully saturated rings. The fraction of sp³-hybridized carbons (Fsp3) is 0.524. The van der Waals surface area contributed by atoms with Gasteiger partial charge in [-0.3, -0.25) is 19.5 Å². The molecule has 0 radical (unpaired) electrons. The van der Waals surface area contributed by atoms with Gasteiger partial charge in [0.15, 0.2) is 0 Å². The molecule has 1 atom stereocenters. The molecule has 3 aliphatic heterocycles. The Morgan fingerprint density at radius 3 is 2.50 bits per heavy atom. The quantitative estimate of drug-likeness (QED) is 0.745. The molecule has 148 valence electrons. The largest absolute Gasteiger partial charge is 0.333 e. The van der Waals surface area contributed by atoms with Crippen molar-refractivity contribution in [3.8, 4) is 0 Å². The van der Waals surface area contributed by atoms with Crippen LogP contribution in [0.3, 0.4) is 0 Å². The van der Waals surface area contributed by atoms with E-state index in [0.29, 0.717) is 18.9 Å². The van der Waals surface area contributed by atoms with Crippen LogP contribution in [0.4, 0.5) is 4.79 Å². The van der Waals surface area contributed by atoms with Crippen LogP contribution in [-0.4, -0.2) is 82.7 Å². The van der Waals surface area contributed by atoms with E-state index in [2.05, 4.69) is 28.5 Å². The summed E-state index contributed by atoms with van der Waals surface area (Å²) in [5.41, 5.74) is 2.36. The molecule has 0 bridgehead atoms. The summed E-state index contributed by atoms with van der Waals surface area (Å²) in [6.07, 6.45) is 3.67. The number of aliphatic imine (C=N–C) groups is 1. The van der Waals surface area contributed by atoms with Gasteiger partial charge in [-0.2, -0.15) is 0 Å². The van der Waals surface area contributed by atoms with E-state index in [1.54, 1.807) is 14.1 Å². The molecule has 3 amide bonds. The fourth-order valence-electron chi connectivity index (χ4n) is 4.25. The third-order valence-corrected chi connectivity index (χ3v) is 6.03. The maximum atomic E-state index is 13.0. The summed E-state index contributed by atoms with van der Waals surface area (Å²) in [5.74, 6) is 1.23. The highest BCUT2D eigenvalue weighted by molar-refractivity contribution is 6.23. The average molecular weight is 382 g/mol. The molecule has 2 saturated heterocycles. The van der Waals surface area contributed by atoms with Gasteiger partial charge in [-0.1, -0.05) is 30.7 Å². The van der Waals surface area contributed by atoms with Crippen molar-refractivity contribution in [3.05, 3.63) is 35.4 Å². The number of piperidine rings is 1. The molecule has 7 nitrogen and oxygen atoms in total. The van der Waals surface area contributed by atoms with E-state index in [1.165, 1.54) is 40.2 Å². The number of amides is 3. The summed E-state index contributed by atoms with van der Waals surface area (Å²) >= 11 is 0. The predicted octanol–water partition coefficient (Wildman–Crippen LogP) is 1.70. The van der Waals surface area contributed by atoms with Crippen LogP contribution >= 0.6 is 0 Å². The van der Waals surface area contributed by atoms with Crippen molar-refractivity contribution in [1.29, 1.82) is 0 Å². The Bertz CT molecular complexity index is 869. The Kier molecular flexibility index (Phi) is 5.02. The number of nitrogens with zero attached hydrogens (tertiary/aromatic N) is 5. The Morgan fingerprint density at radius 2 is 1.79 bits per heavy atom. The number of urea groups is 1. The van der Waals surface area contributed by atoms with Gasteiger partial charge in [0.05, 0.1) is 0 Å². The molecular weight excluding hydrogens is 354 g/mol. The first-order valence-corrected chi connectivity index (χ1v) is 10.0. The minimum atomic E-state index is -0.535. The van der Waals surface area contributed by atoms with Crippen LogP contribution in [0.15, 0.2) is 29.3 Å². The molecule has 1 unspecified atom stereocenters. The number of rotatable bonds is 4. The van der Waals surface area contributed by atoms with Crippen molar-refractivity contribution in [2.24, 2.45) is 4.99 Å². The normalized spacial score (nSPS) is 23.4. The summed E-state index contributed by atoms with van der Waals surface area (Å²) in [4.78, 5) is 35.3. The van der Waals surface area contributed by atoms with Gasteiger partial charge in [-0.15, -0.1) is 0 Å². The summed E-state index contributed by atoms with van der Waals surface area (Å²) in [5, 5.41) is 0. The lowest BCUT2D eigenvalue weighted by atomic mass is 10.1. The number of aryl methyl sites for hydroxylation is 1. The second-order valence-electron chi connectivity index (χ2n) is 7.92. The summed E-state index contributed by atoms with van der Waals surface area (Å²) in [6, 6.07) is 7.37. The number of carbonyl (C=O) groups excluding carboxylic acids is 2. The van der Waals surface area contributed by atoms with Crippen molar-refractivity contribution in [2.45, 2.75) is 38.8 Å². The van der Waals surface area contributed by atoms with Gasteiger partial charge in [-0.25, -0.2) is 9.37 Å². The molecule has 0 aliphatic carbocycles. The molecule has 0 aromatic heterocycles. The first-order valence-electron chi connectivity index (χ1n) is 10.0. The minimum absolute atomic E-state index is 0.205. The monoisotopic (exact) mass is 382 g/mol. The Balaban J connectivity index is 1.72. The number of hydrogen-bond donors (Lipinski definition) is 0. The number of hydrogen-bond acceptors (Lipinski definition) is 4. The molecular formula is C21H28N5O2+. The van der Waals surface area contributed by atoms with Crippen LogP contribution in [0, 0.1) is 6.92 Å². The molecule has 3 heterocycles. The first-order chi connectivity index (χ1) is 13.5. The number of likely N-dealkylation sites (tertiary alicyclic amines) is 1. The molecule has 1 aromatic carbocycles. The first kappa shape index (κ1) is 18.8. The van der Waals surface area contributed by atoms with Gasteiger partial charge < -0.3 is 0 Å². The Morgan fingerprint density at radius 1 is 1.07 bits per heavy atom. The van der Waals surface area contributed by atoms with E-state index >= 15 is 0 Å². The van der Waals surface area contributed by atoms with Crippen LogP contribution < -0.4 is 0 Å². The number of benzene rings is 1. The van der Waals surface area contributed by atoms with Crippen LogP contribution in [0.25, 0.3) is 0 Å². The van der Waals surface area contributed by atoms with Gasteiger partial charge >= 0.3 is 11.9 Å². The average Bonchev–Trinajstić information content (AvgIpc) is 3.05. The lowest BCUT2D eigenvalue weighted by Gasteiger charge is -2.31. The number of carbonyl (C=O) groups is 2. The highest BCUT2D eigenvalue weighted by Crippen LogP contribution is 2.22. The van der Waals surface area contributed by atoms with Crippen molar-refractivity contribution in [1.82, 2.24) is 14.7 Å². The van der Waals surface area contributed by atoms with Crippen LogP contribution in [-0.2, 0) is 11.3 Å². The molecule has 0 N–H and O–H groups in total. The summed E-state index contributed by atoms with van der Waals surface area (Å²) in [6.45, 7) is 5.52. The number of fused-ring (bicyclic) bond motifs is 1. The number of likely N-dealkylation sites (N-methyl/N-ethyl adjacent to an activating group) is 2. The third-order valence-electron chi connectivity index (χ3n) is 6.03. The van der Waals surface area contributed by atoms with Gasteiger partial charge in [0.1, 0.15) is 13.1 Å². The lowest BCUT2D eigenvalue weighted by Crippen LogP contribution is -2.61. The van der Waals surface area contributed by atoms with E-state index in [-0.39, 0.29) is 11.9 Å². The second-order valence-corrected chi connectivity index (χ2v) is 7.92. The van der Waals surface area contributed by atoms with Crippen molar-refractivity contribution in [2.75, 3.05) is 33.7 Å². The van der Waals surface area contributed by atoms with E-state index in [9.17, 15) is 9.59 Å². The summed E-state index contributed by atoms with van der Waals surface area (Å²) in [7, 11) is 3.25. The second kappa shape index (κ2) is 7.47. The minimum Gasteiger partial charge on any atom is -0.292 e. The zero-order valence-electron chi connectivity index (χ0n) is 16.9. The van der Waals surface area contributed by atoms with Crippen LogP contribution in [0.5, 0.6) is 0 Å². The maximum Gasteiger partial charge on any atom is 0.333 e. The number of amidine groups is 2. The number of imide groups is 1. The lowest BCUT2D eigenvalue weighted by molar-refractivity contribution is -0.552. The molecule has 1 aromatic rings.